The lowest BCUT2D eigenvalue weighted by atomic mass is 10.2. The fraction of sp³-hybridized carbons (Fsp3) is 0.571. The highest BCUT2D eigenvalue weighted by Gasteiger charge is 2.22. The van der Waals surface area contributed by atoms with E-state index in [0.29, 0.717) is 37.8 Å². The second-order valence-electron chi connectivity index (χ2n) is 4.86. The van der Waals surface area contributed by atoms with Crippen molar-refractivity contribution in [2.75, 3.05) is 38.2 Å². The summed E-state index contributed by atoms with van der Waals surface area (Å²) in [4.78, 5) is 10.9. The molecule has 1 heterocycles. The summed E-state index contributed by atoms with van der Waals surface area (Å²) in [7, 11) is 0. The van der Waals surface area contributed by atoms with Crippen LogP contribution in [-0.2, 0) is 4.74 Å². The third kappa shape index (κ3) is 4.30. The normalized spacial score (nSPS) is 18.2. The van der Waals surface area contributed by atoms with E-state index in [1.54, 1.807) is 18.2 Å². The van der Waals surface area contributed by atoms with Gasteiger partial charge in [-0.15, -0.1) is 0 Å². The number of ether oxygens (including phenoxy) is 2. The van der Waals surface area contributed by atoms with Gasteiger partial charge in [-0.05, 0) is 18.6 Å². The van der Waals surface area contributed by atoms with Crippen LogP contribution in [0.25, 0.3) is 0 Å². The molecule has 1 saturated heterocycles. The van der Waals surface area contributed by atoms with Crippen LogP contribution < -0.4 is 15.4 Å². The van der Waals surface area contributed by atoms with Gasteiger partial charge in [0, 0.05) is 19.1 Å². The molecule has 0 spiro atoms. The molecule has 1 aliphatic rings. The predicted octanol–water partition coefficient (Wildman–Crippen LogP) is 1.78. The first kappa shape index (κ1) is 15.5. The Morgan fingerprint density at radius 1 is 1.57 bits per heavy atom. The molecule has 0 radical (unpaired) electrons. The van der Waals surface area contributed by atoms with Gasteiger partial charge in [-0.3, -0.25) is 10.1 Å². The Morgan fingerprint density at radius 3 is 3.10 bits per heavy atom. The summed E-state index contributed by atoms with van der Waals surface area (Å²) in [6.45, 7) is 5.10. The lowest BCUT2D eigenvalue weighted by Crippen LogP contribution is -2.45. The minimum Gasteiger partial charge on any atom is -0.487 e. The van der Waals surface area contributed by atoms with Crippen molar-refractivity contribution < 1.29 is 14.4 Å². The second kappa shape index (κ2) is 7.80. The van der Waals surface area contributed by atoms with E-state index in [0.717, 1.165) is 13.0 Å². The van der Waals surface area contributed by atoms with Gasteiger partial charge in [0.2, 0.25) is 0 Å². The zero-order valence-electron chi connectivity index (χ0n) is 12.1. The van der Waals surface area contributed by atoms with Crippen LogP contribution in [0, 0.1) is 10.1 Å². The molecule has 7 heteroatoms. The topological polar surface area (TPSA) is 85.7 Å². The number of morpholine rings is 1. The third-order valence-corrected chi connectivity index (χ3v) is 3.18. The smallest absolute Gasteiger partial charge is 0.333 e. The number of benzene rings is 1. The fourth-order valence-electron chi connectivity index (χ4n) is 2.17. The summed E-state index contributed by atoms with van der Waals surface area (Å²) in [5, 5.41) is 17.7. The maximum absolute atomic E-state index is 11.3. The van der Waals surface area contributed by atoms with Gasteiger partial charge in [-0.1, -0.05) is 13.0 Å². The number of nitrogens with one attached hydrogen (secondary N) is 2. The molecule has 116 valence electrons. The standard InChI is InChI=1S/C14H21N3O4/c1-2-7-21-13-5-3-4-12(14(13)17(18)19)16-9-11-10-20-8-6-15-11/h3-5,11,15-16H,2,6-10H2,1H3. The van der Waals surface area contributed by atoms with E-state index >= 15 is 0 Å². The molecule has 1 aromatic carbocycles. The number of nitro benzene ring substituents is 1. The van der Waals surface area contributed by atoms with Crippen LogP contribution in [0.4, 0.5) is 11.4 Å². The Morgan fingerprint density at radius 2 is 2.43 bits per heavy atom. The molecule has 21 heavy (non-hydrogen) atoms. The first-order valence-corrected chi connectivity index (χ1v) is 7.17. The van der Waals surface area contributed by atoms with Crippen molar-refractivity contribution in [3.63, 3.8) is 0 Å². The van der Waals surface area contributed by atoms with Gasteiger partial charge in [-0.25, -0.2) is 0 Å². The Bertz CT molecular complexity index is 475. The summed E-state index contributed by atoms with van der Waals surface area (Å²) >= 11 is 0. The Balaban J connectivity index is 2.07. The monoisotopic (exact) mass is 295 g/mol. The van der Waals surface area contributed by atoms with E-state index in [4.69, 9.17) is 9.47 Å². The molecule has 7 nitrogen and oxygen atoms in total. The number of anilines is 1. The van der Waals surface area contributed by atoms with Crippen LogP contribution in [0.15, 0.2) is 18.2 Å². The maximum atomic E-state index is 11.3. The van der Waals surface area contributed by atoms with Crippen LogP contribution in [0.3, 0.4) is 0 Å². The zero-order valence-corrected chi connectivity index (χ0v) is 12.1. The van der Waals surface area contributed by atoms with E-state index in [2.05, 4.69) is 10.6 Å². The molecule has 1 unspecified atom stereocenters. The first-order chi connectivity index (χ1) is 10.2. The van der Waals surface area contributed by atoms with Crippen molar-refractivity contribution in [3.05, 3.63) is 28.3 Å². The van der Waals surface area contributed by atoms with Crippen LogP contribution in [0.1, 0.15) is 13.3 Å². The van der Waals surface area contributed by atoms with Gasteiger partial charge in [-0.2, -0.15) is 0 Å². The lowest BCUT2D eigenvalue weighted by Gasteiger charge is -2.24. The van der Waals surface area contributed by atoms with Crippen molar-refractivity contribution >= 4 is 11.4 Å². The van der Waals surface area contributed by atoms with E-state index in [1.807, 2.05) is 6.92 Å². The van der Waals surface area contributed by atoms with Gasteiger partial charge >= 0.3 is 5.69 Å². The van der Waals surface area contributed by atoms with Crippen molar-refractivity contribution in [1.82, 2.24) is 5.32 Å². The molecule has 0 bridgehead atoms. The largest absolute Gasteiger partial charge is 0.487 e. The van der Waals surface area contributed by atoms with Crippen LogP contribution in [-0.4, -0.2) is 43.9 Å². The summed E-state index contributed by atoms with van der Waals surface area (Å²) in [6, 6.07) is 5.23. The molecular formula is C14H21N3O4. The average Bonchev–Trinajstić information content (AvgIpc) is 2.51. The summed E-state index contributed by atoms with van der Waals surface area (Å²) < 4.78 is 10.8. The molecule has 1 aliphatic heterocycles. The predicted molar refractivity (Wildman–Crippen MR) is 80.0 cm³/mol. The zero-order chi connectivity index (χ0) is 15.1. The number of nitrogens with zero attached hydrogens (tertiary/aromatic N) is 1. The SMILES string of the molecule is CCCOc1cccc(NCC2COCCN2)c1[N+](=O)[O-]. The highest BCUT2D eigenvalue weighted by Crippen LogP contribution is 2.34. The fourth-order valence-corrected chi connectivity index (χ4v) is 2.17. The van der Waals surface area contributed by atoms with Gasteiger partial charge < -0.3 is 20.1 Å². The van der Waals surface area contributed by atoms with E-state index in [9.17, 15) is 10.1 Å². The van der Waals surface area contributed by atoms with E-state index < -0.39 is 4.92 Å². The lowest BCUT2D eigenvalue weighted by molar-refractivity contribution is -0.385. The second-order valence-corrected chi connectivity index (χ2v) is 4.86. The van der Waals surface area contributed by atoms with Gasteiger partial charge in [0.15, 0.2) is 5.75 Å². The summed E-state index contributed by atoms with van der Waals surface area (Å²) in [5.74, 6) is 0.305. The maximum Gasteiger partial charge on any atom is 0.333 e. The van der Waals surface area contributed by atoms with Gasteiger partial charge in [0.05, 0.1) is 24.7 Å². The summed E-state index contributed by atoms with van der Waals surface area (Å²) in [5.41, 5.74) is 0.462. The van der Waals surface area contributed by atoms with Crippen LogP contribution >= 0.6 is 0 Å². The minimum atomic E-state index is -0.405. The molecule has 1 fully saturated rings. The molecule has 2 N–H and O–H groups in total. The molecule has 2 rings (SSSR count). The van der Waals surface area contributed by atoms with Crippen molar-refractivity contribution in [3.8, 4) is 5.75 Å². The Labute approximate surface area is 123 Å². The van der Waals surface area contributed by atoms with Crippen molar-refractivity contribution in [2.24, 2.45) is 0 Å². The molecular weight excluding hydrogens is 274 g/mol. The molecule has 0 aromatic heterocycles. The quantitative estimate of drug-likeness (QED) is 0.589. The molecule has 1 aromatic rings. The third-order valence-electron chi connectivity index (χ3n) is 3.18. The highest BCUT2D eigenvalue weighted by molar-refractivity contribution is 5.68. The Kier molecular flexibility index (Phi) is 5.77. The minimum absolute atomic E-state index is 0.0114. The Hall–Kier alpha value is -1.86. The number of hydrogen-bond acceptors (Lipinski definition) is 6. The number of rotatable bonds is 7. The van der Waals surface area contributed by atoms with Gasteiger partial charge in [0.1, 0.15) is 5.69 Å². The summed E-state index contributed by atoms with van der Waals surface area (Å²) in [6.07, 6.45) is 0.804. The van der Waals surface area contributed by atoms with Crippen molar-refractivity contribution in [1.29, 1.82) is 0 Å². The highest BCUT2D eigenvalue weighted by atomic mass is 16.6. The molecule has 0 aliphatic carbocycles. The van der Waals surface area contributed by atoms with Crippen molar-refractivity contribution in [2.45, 2.75) is 19.4 Å². The molecule has 0 amide bonds. The average molecular weight is 295 g/mol. The first-order valence-electron chi connectivity index (χ1n) is 7.17. The number of nitro groups is 1. The van der Waals surface area contributed by atoms with Gasteiger partial charge in [0.25, 0.3) is 0 Å². The number of para-hydroxylation sites is 1. The van der Waals surface area contributed by atoms with E-state index in [1.165, 1.54) is 0 Å². The number of hydrogen-bond donors (Lipinski definition) is 2. The molecule has 0 saturated carbocycles. The van der Waals surface area contributed by atoms with Crippen LogP contribution in [0.2, 0.25) is 0 Å². The molecule has 1 atom stereocenters. The van der Waals surface area contributed by atoms with Crippen LogP contribution in [0.5, 0.6) is 5.75 Å². The van der Waals surface area contributed by atoms with E-state index in [-0.39, 0.29) is 11.7 Å².